The number of aromatic nitrogens is 3. The molecule has 3 aromatic heterocycles. The third-order valence-corrected chi connectivity index (χ3v) is 14.2. The van der Waals surface area contributed by atoms with Crippen LogP contribution in [-0.4, -0.2) is 15.0 Å². The molecule has 67 heavy (non-hydrogen) atoms. The van der Waals surface area contributed by atoms with Gasteiger partial charge in [0.1, 0.15) is 0 Å². The monoisotopic (exact) mass is 869 g/mol. The summed E-state index contributed by atoms with van der Waals surface area (Å²) in [5.74, 6) is 0.698. The van der Waals surface area contributed by atoms with Gasteiger partial charge in [-0.25, -0.2) is 15.0 Å². The normalized spacial score (nSPS) is 11.6. The van der Waals surface area contributed by atoms with Crippen molar-refractivity contribution in [1.29, 1.82) is 0 Å². The van der Waals surface area contributed by atoms with Gasteiger partial charge < -0.3 is 0 Å². The van der Waals surface area contributed by atoms with Crippen molar-refractivity contribution in [3.8, 4) is 78.5 Å². The molecule has 0 amide bonds. The number of hydrogen-bond donors (Lipinski definition) is 0. The smallest absolute Gasteiger partial charge is 0.160 e. The van der Waals surface area contributed by atoms with E-state index in [9.17, 15) is 0 Å². The summed E-state index contributed by atoms with van der Waals surface area (Å²) in [6, 6.07) is 84.4. The lowest BCUT2D eigenvalue weighted by atomic mass is 9.91. The van der Waals surface area contributed by atoms with Crippen molar-refractivity contribution >= 4 is 64.0 Å². The molecule has 4 heteroatoms. The third kappa shape index (κ3) is 6.77. The van der Waals surface area contributed by atoms with E-state index in [1.807, 2.05) is 41.7 Å². The number of benzene rings is 10. The summed E-state index contributed by atoms with van der Waals surface area (Å²) in [5.41, 5.74) is 14.7. The van der Waals surface area contributed by atoms with Crippen molar-refractivity contribution in [1.82, 2.24) is 15.0 Å². The van der Waals surface area contributed by atoms with Crippen LogP contribution < -0.4 is 0 Å². The van der Waals surface area contributed by atoms with E-state index < -0.39 is 0 Å². The van der Waals surface area contributed by atoms with Crippen molar-refractivity contribution in [2.45, 2.75) is 0 Å². The fourth-order valence-electron chi connectivity index (χ4n) is 9.89. The molecule has 0 aliphatic heterocycles. The Kier molecular flexibility index (Phi) is 9.36. The average Bonchev–Trinajstić information content (AvgIpc) is 3.80. The van der Waals surface area contributed by atoms with E-state index in [4.69, 9.17) is 15.0 Å². The van der Waals surface area contributed by atoms with Gasteiger partial charge in [0.25, 0.3) is 0 Å². The number of thiophene rings is 1. The quantitative estimate of drug-likeness (QED) is 0.150. The first-order valence-electron chi connectivity index (χ1n) is 22.7. The Hall–Kier alpha value is -8.57. The van der Waals surface area contributed by atoms with Crippen LogP contribution in [0.1, 0.15) is 0 Å². The molecule has 3 nitrogen and oxygen atoms in total. The molecule has 0 aliphatic rings. The molecule has 0 atom stereocenters. The minimum atomic E-state index is 0.698. The average molecular weight is 870 g/mol. The van der Waals surface area contributed by atoms with Gasteiger partial charge in [0.05, 0.1) is 22.6 Å². The highest BCUT2D eigenvalue weighted by Gasteiger charge is 2.21. The predicted octanol–water partition coefficient (Wildman–Crippen LogP) is 17.4. The van der Waals surface area contributed by atoms with Crippen LogP contribution >= 0.6 is 11.3 Å². The van der Waals surface area contributed by atoms with Gasteiger partial charge in [-0.1, -0.05) is 212 Å². The Morgan fingerprint density at radius 2 is 0.836 bits per heavy atom. The topological polar surface area (TPSA) is 38.7 Å². The first kappa shape index (κ1) is 38.9. The molecule has 0 spiro atoms. The molecule has 0 radical (unpaired) electrons. The molecule has 0 saturated heterocycles. The lowest BCUT2D eigenvalue weighted by molar-refractivity contribution is 1.18. The zero-order chi connectivity index (χ0) is 44.3. The highest BCUT2D eigenvalue weighted by Crippen LogP contribution is 2.44. The second-order valence-corrected chi connectivity index (χ2v) is 18.1. The van der Waals surface area contributed by atoms with Gasteiger partial charge in [-0.3, -0.25) is 0 Å². The molecule has 0 unspecified atom stereocenters. The van der Waals surface area contributed by atoms with Gasteiger partial charge in [0.2, 0.25) is 0 Å². The van der Waals surface area contributed by atoms with Crippen LogP contribution in [0.15, 0.2) is 237 Å². The molecular formula is C63H39N3S. The summed E-state index contributed by atoms with van der Waals surface area (Å²) in [6.45, 7) is 0. The zero-order valence-corrected chi connectivity index (χ0v) is 37.1. The van der Waals surface area contributed by atoms with Crippen LogP contribution in [0, 0.1) is 0 Å². The maximum atomic E-state index is 5.45. The summed E-state index contributed by atoms with van der Waals surface area (Å²) in [4.78, 5) is 16.0. The second kappa shape index (κ2) is 16.1. The number of pyridine rings is 1. The standard InChI is InChI=1S/C63H39N3S/c1-4-16-44(17-5-1)61-57(62(45-18-6-2-7-19-45)66-63(65-61)47-20-8-3-9-21-47)43-31-27-40(28-32-43)48-36-38-54-53(39-48)58-49-22-11-10-15-41(49)35-37-52(58)60(64-54)46-33-29-42(30-34-46)50-24-14-26-56-59(50)51-23-12-13-25-55(51)67-56/h1-39H. The van der Waals surface area contributed by atoms with E-state index in [2.05, 4.69) is 206 Å². The fourth-order valence-corrected chi connectivity index (χ4v) is 11.0. The van der Waals surface area contributed by atoms with Crippen LogP contribution in [-0.2, 0) is 0 Å². The van der Waals surface area contributed by atoms with Crippen molar-refractivity contribution < 1.29 is 0 Å². The zero-order valence-electron chi connectivity index (χ0n) is 36.3. The van der Waals surface area contributed by atoms with Crippen LogP contribution in [0.5, 0.6) is 0 Å². The van der Waals surface area contributed by atoms with Crippen LogP contribution in [0.25, 0.3) is 131 Å². The molecule has 0 bridgehead atoms. The van der Waals surface area contributed by atoms with E-state index in [-0.39, 0.29) is 0 Å². The van der Waals surface area contributed by atoms with E-state index in [1.54, 1.807) is 0 Å². The first-order valence-corrected chi connectivity index (χ1v) is 23.5. The van der Waals surface area contributed by atoms with Gasteiger partial charge in [-0.15, -0.1) is 11.3 Å². The fraction of sp³-hybridized carbons (Fsp3) is 0. The number of nitrogens with zero attached hydrogens (tertiary/aromatic N) is 3. The van der Waals surface area contributed by atoms with Gasteiger partial charge in [-0.2, -0.15) is 0 Å². The highest BCUT2D eigenvalue weighted by atomic mass is 32.1. The van der Waals surface area contributed by atoms with E-state index in [1.165, 1.54) is 47.5 Å². The largest absolute Gasteiger partial charge is 0.247 e. The Bertz CT molecular complexity index is 3930. The van der Waals surface area contributed by atoms with Crippen molar-refractivity contribution in [2.24, 2.45) is 0 Å². The first-order chi connectivity index (χ1) is 33.2. The van der Waals surface area contributed by atoms with Crippen LogP contribution in [0.2, 0.25) is 0 Å². The second-order valence-electron chi connectivity index (χ2n) is 17.1. The lowest BCUT2D eigenvalue weighted by Gasteiger charge is -2.17. The summed E-state index contributed by atoms with van der Waals surface area (Å²) < 4.78 is 2.63. The van der Waals surface area contributed by atoms with Gasteiger partial charge in [0.15, 0.2) is 5.82 Å². The summed E-state index contributed by atoms with van der Waals surface area (Å²) in [7, 11) is 0. The van der Waals surface area contributed by atoms with Crippen molar-refractivity contribution in [2.75, 3.05) is 0 Å². The Balaban J connectivity index is 0.932. The van der Waals surface area contributed by atoms with Crippen molar-refractivity contribution in [3.05, 3.63) is 237 Å². The molecule has 13 aromatic rings. The molecule has 0 aliphatic carbocycles. The Morgan fingerprint density at radius 1 is 0.284 bits per heavy atom. The molecule has 3 heterocycles. The lowest BCUT2D eigenvalue weighted by Crippen LogP contribution is -2.00. The van der Waals surface area contributed by atoms with E-state index in [0.717, 1.165) is 77.9 Å². The third-order valence-electron chi connectivity index (χ3n) is 13.1. The Morgan fingerprint density at radius 3 is 1.55 bits per heavy atom. The molecule has 0 fully saturated rings. The van der Waals surface area contributed by atoms with E-state index in [0.29, 0.717) is 5.82 Å². The van der Waals surface area contributed by atoms with Crippen LogP contribution in [0.3, 0.4) is 0 Å². The summed E-state index contributed by atoms with van der Waals surface area (Å²) in [5, 5.41) is 8.54. The molecule has 0 N–H and O–H groups in total. The predicted molar refractivity (Wildman–Crippen MR) is 283 cm³/mol. The molecule has 10 aromatic carbocycles. The molecular weight excluding hydrogens is 831 g/mol. The van der Waals surface area contributed by atoms with Gasteiger partial charge >= 0.3 is 0 Å². The molecule has 0 saturated carbocycles. The Labute approximate surface area is 392 Å². The van der Waals surface area contributed by atoms with Crippen LogP contribution in [0.4, 0.5) is 0 Å². The minimum absolute atomic E-state index is 0.698. The number of hydrogen-bond acceptors (Lipinski definition) is 4. The molecule has 312 valence electrons. The minimum Gasteiger partial charge on any atom is -0.247 e. The van der Waals surface area contributed by atoms with E-state index >= 15 is 0 Å². The highest BCUT2D eigenvalue weighted by molar-refractivity contribution is 7.25. The van der Waals surface area contributed by atoms with Gasteiger partial charge in [-0.05, 0) is 62.9 Å². The number of fused-ring (bicyclic) bond motifs is 8. The van der Waals surface area contributed by atoms with Gasteiger partial charge in [0, 0.05) is 64.1 Å². The number of rotatable bonds is 7. The maximum absolute atomic E-state index is 5.45. The maximum Gasteiger partial charge on any atom is 0.160 e. The molecule has 13 rings (SSSR count). The SMILES string of the molecule is c1ccc(-c2nc(-c3ccccc3)c(-c3ccc(-c4ccc5nc(-c6ccc(-c7cccc8sc9ccccc9c78)cc6)c6ccc7ccccc7c6c5c4)cc3)c(-c3ccccc3)n2)cc1. The summed E-state index contributed by atoms with van der Waals surface area (Å²) in [6.07, 6.45) is 0. The van der Waals surface area contributed by atoms with Crippen molar-refractivity contribution in [3.63, 3.8) is 0 Å². The summed E-state index contributed by atoms with van der Waals surface area (Å²) >= 11 is 1.86.